The molecule has 1 N–H and O–H groups in total. The van der Waals surface area contributed by atoms with Crippen LogP contribution in [0.2, 0.25) is 0 Å². The summed E-state index contributed by atoms with van der Waals surface area (Å²) in [5.41, 5.74) is 2.00. The Balaban J connectivity index is 1.89. The van der Waals surface area contributed by atoms with Crippen LogP contribution in [0.3, 0.4) is 0 Å². The molecule has 0 aliphatic carbocycles. The van der Waals surface area contributed by atoms with Gasteiger partial charge >= 0.3 is 0 Å². The molecule has 2 aromatic rings. The third-order valence-corrected chi connectivity index (χ3v) is 2.44. The van der Waals surface area contributed by atoms with Gasteiger partial charge in [0.1, 0.15) is 18.6 Å². The highest BCUT2D eigenvalue weighted by Crippen LogP contribution is 2.17. The minimum absolute atomic E-state index is 0.514. The van der Waals surface area contributed by atoms with Crippen molar-refractivity contribution >= 4 is 0 Å². The van der Waals surface area contributed by atoms with E-state index in [9.17, 15) is 0 Å². The molecule has 18 heavy (non-hydrogen) atoms. The molecule has 0 spiro atoms. The van der Waals surface area contributed by atoms with Gasteiger partial charge in [0.2, 0.25) is 0 Å². The highest BCUT2D eigenvalue weighted by atomic mass is 16.5. The van der Waals surface area contributed by atoms with Crippen molar-refractivity contribution in [3.05, 3.63) is 60.5 Å². The highest BCUT2D eigenvalue weighted by Gasteiger charge is 2.02. The fourth-order valence-corrected chi connectivity index (χ4v) is 1.59. The fraction of sp³-hybridized carbons (Fsp3) is 0.214. The van der Waals surface area contributed by atoms with E-state index in [1.807, 2.05) is 30.3 Å². The van der Waals surface area contributed by atoms with Crippen molar-refractivity contribution in [2.75, 3.05) is 6.61 Å². The summed E-state index contributed by atoms with van der Waals surface area (Å²) in [6, 6.07) is 9.78. The fourth-order valence-electron chi connectivity index (χ4n) is 1.59. The summed E-state index contributed by atoms with van der Waals surface area (Å²) in [5, 5.41) is 7.13. The zero-order valence-corrected chi connectivity index (χ0v) is 10.1. The lowest BCUT2D eigenvalue weighted by molar-refractivity contribution is 0.357. The predicted octanol–water partition coefficient (Wildman–Crippen LogP) is 2.53. The monoisotopic (exact) mass is 244 g/mol. The lowest BCUT2D eigenvalue weighted by atomic mass is 10.2. The topological polar surface area (TPSA) is 47.3 Å². The molecule has 0 fully saturated rings. The average Bonchev–Trinajstić information content (AvgIpc) is 2.91. The molecular weight excluding hydrogens is 228 g/mol. The Kier molecular flexibility index (Phi) is 4.55. The first kappa shape index (κ1) is 12.4. The van der Waals surface area contributed by atoms with Crippen LogP contribution in [0.25, 0.3) is 0 Å². The SMILES string of the molecule is C=CCOc1ccccc1CNCc1ccon1. The van der Waals surface area contributed by atoms with E-state index < -0.39 is 0 Å². The van der Waals surface area contributed by atoms with Crippen LogP contribution in [0.5, 0.6) is 5.75 Å². The Morgan fingerprint density at radius 1 is 1.28 bits per heavy atom. The van der Waals surface area contributed by atoms with Crippen molar-refractivity contribution < 1.29 is 9.26 Å². The number of ether oxygens (including phenoxy) is 1. The standard InChI is InChI=1S/C14H16N2O2/c1-2-8-17-14-6-4-3-5-12(14)10-15-11-13-7-9-18-16-13/h2-7,9,15H,1,8,10-11H2. The third-order valence-electron chi connectivity index (χ3n) is 2.44. The lowest BCUT2D eigenvalue weighted by Crippen LogP contribution is -2.13. The number of nitrogens with zero attached hydrogens (tertiary/aromatic N) is 1. The predicted molar refractivity (Wildman–Crippen MR) is 69.2 cm³/mol. The molecule has 1 aromatic heterocycles. The van der Waals surface area contributed by atoms with Crippen LogP contribution in [-0.2, 0) is 13.1 Å². The van der Waals surface area contributed by atoms with E-state index in [1.165, 1.54) is 0 Å². The van der Waals surface area contributed by atoms with Crippen molar-refractivity contribution in [2.24, 2.45) is 0 Å². The van der Waals surface area contributed by atoms with Crippen LogP contribution in [0.4, 0.5) is 0 Å². The van der Waals surface area contributed by atoms with E-state index in [0.29, 0.717) is 13.2 Å². The van der Waals surface area contributed by atoms with Crippen molar-refractivity contribution in [3.63, 3.8) is 0 Å². The number of nitrogens with one attached hydrogen (secondary N) is 1. The first-order valence-corrected chi connectivity index (χ1v) is 5.81. The Morgan fingerprint density at radius 2 is 2.17 bits per heavy atom. The summed E-state index contributed by atoms with van der Waals surface area (Å²) in [7, 11) is 0. The van der Waals surface area contributed by atoms with Gasteiger partial charge in [-0.05, 0) is 6.07 Å². The number of benzene rings is 1. The Hall–Kier alpha value is -2.07. The second-order valence-electron chi connectivity index (χ2n) is 3.80. The average molecular weight is 244 g/mol. The first-order valence-electron chi connectivity index (χ1n) is 5.81. The summed E-state index contributed by atoms with van der Waals surface area (Å²) in [6.07, 6.45) is 3.30. The maximum atomic E-state index is 5.58. The van der Waals surface area contributed by atoms with Crippen molar-refractivity contribution in [1.82, 2.24) is 10.5 Å². The minimum atomic E-state index is 0.514. The molecule has 4 nitrogen and oxygen atoms in total. The first-order chi connectivity index (χ1) is 8.90. The molecule has 0 saturated carbocycles. The molecule has 2 rings (SSSR count). The lowest BCUT2D eigenvalue weighted by Gasteiger charge is -2.10. The zero-order valence-electron chi connectivity index (χ0n) is 10.1. The number of rotatable bonds is 7. The van der Waals surface area contributed by atoms with Gasteiger partial charge in [0, 0.05) is 24.7 Å². The summed E-state index contributed by atoms with van der Waals surface area (Å²) < 4.78 is 10.4. The van der Waals surface area contributed by atoms with Crippen LogP contribution in [0, 0.1) is 0 Å². The van der Waals surface area contributed by atoms with Gasteiger partial charge in [0.15, 0.2) is 0 Å². The van der Waals surface area contributed by atoms with Crippen LogP contribution in [0.15, 0.2) is 53.8 Å². The molecule has 0 aliphatic rings. The van der Waals surface area contributed by atoms with Gasteiger partial charge in [0.25, 0.3) is 0 Å². The largest absolute Gasteiger partial charge is 0.489 e. The van der Waals surface area contributed by atoms with Gasteiger partial charge in [-0.2, -0.15) is 0 Å². The molecular formula is C14H16N2O2. The normalized spacial score (nSPS) is 10.2. The van der Waals surface area contributed by atoms with Gasteiger partial charge in [0.05, 0.1) is 5.69 Å². The molecule has 94 valence electrons. The van der Waals surface area contributed by atoms with Gasteiger partial charge in [-0.1, -0.05) is 36.0 Å². The zero-order chi connectivity index (χ0) is 12.6. The molecule has 4 heteroatoms. The summed E-state index contributed by atoms with van der Waals surface area (Å²) in [6.45, 7) is 5.55. The van der Waals surface area contributed by atoms with Gasteiger partial charge in [-0.25, -0.2) is 0 Å². The third kappa shape index (κ3) is 3.46. The van der Waals surface area contributed by atoms with Crippen LogP contribution < -0.4 is 10.1 Å². The van der Waals surface area contributed by atoms with E-state index in [2.05, 4.69) is 17.1 Å². The van der Waals surface area contributed by atoms with E-state index in [0.717, 1.165) is 23.6 Å². The van der Waals surface area contributed by atoms with Crippen molar-refractivity contribution in [2.45, 2.75) is 13.1 Å². The van der Waals surface area contributed by atoms with Crippen molar-refractivity contribution in [1.29, 1.82) is 0 Å². The van der Waals surface area contributed by atoms with E-state index in [4.69, 9.17) is 9.26 Å². The molecule has 0 atom stereocenters. The quantitative estimate of drug-likeness (QED) is 0.760. The van der Waals surface area contributed by atoms with E-state index >= 15 is 0 Å². The Labute approximate surface area is 106 Å². The Morgan fingerprint density at radius 3 is 2.94 bits per heavy atom. The molecule has 1 aromatic carbocycles. The van der Waals surface area contributed by atoms with Crippen LogP contribution in [-0.4, -0.2) is 11.8 Å². The highest BCUT2D eigenvalue weighted by molar-refractivity contribution is 5.33. The molecule has 0 radical (unpaired) electrons. The van der Waals surface area contributed by atoms with Gasteiger partial charge in [-0.15, -0.1) is 0 Å². The maximum absolute atomic E-state index is 5.58. The summed E-state index contributed by atoms with van der Waals surface area (Å²) in [5.74, 6) is 0.880. The molecule has 1 heterocycles. The summed E-state index contributed by atoms with van der Waals surface area (Å²) in [4.78, 5) is 0. The number of aromatic nitrogens is 1. The molecule has 0 amide bonds. The molecule has 0 saturated heterocycles. The number of para-hydroxylation sites is 1. The van der Waals surface area contributed by atoms with E-state index in [-0.39, 0.29) is 0 Å². The molecule has 0 bridgehead atoms. The summed E-state index contributed by atoms with van der Waals surface area (Å²) >= 11 is 0. The van der Waals surface area contributed by atoms with Crippen molar-refractivity contribution in [3.8, 4) is 5.75 Å². The van der Waals surface area contributed by atoms with Gasteiger partial charge < -0.3 is 14.6 Å². The number of hydrogen-bond acceptors (Lipinski definition) is 4. The second kappa shape index (κ2) is 6.61. The van der Waals surface area contributed by atoms with Crippen LogP contribution >= 0.6 is 0 Å². The smallest absolute Gasteiger partial charge is 0.124 e. The number of hydrogen-bond donors (Lipinski definition) is 1. The molecule has 0 aliphatic heterocycles. The Bertz CT molecular complexity index is 480. The minimum Gasteiger partial charge on any atom is -0.489 e. The maximum Gasteiger partial charge on any atom is 0.124 e. The van der Waals surface area contributed by atoms with E-state index in [1.54, 1.807) is 12.3 Å². The van der Waals surface area contributed by atoms with Crippen LogP contribution in [0.1, 0.15) is 11.3 Å². The second-order valence-corrected chi connectivity index (χ2v) is 3.80. The van der Waals surface area contributed by atoms with Gasteiger partial charge in [-0.3, -0.25) is 0 Å². The molecule has 0 unspecified atom stereocenters.